The van der Waals surface area contributed by atoms with E-state index in [2.05, 4.69) is 10.6 Å². The molecule has 148 valence electrons. The number of aromatic carboxylic acids is 1. The number of amides is 1. The Labute approximate surface area is 165 Å². The molecule has 0 atom stereocenters. The number of non-ortho nitro benzene ring substituents is 1. The van der Waals surface area contributed by atoms with Gasteiger partial charge in [0.15, 0.2) is 0 Å². The van der Waals surface area contributed by atoms with Crippen molar-refractivity contribution in [1.29, 1.82) is 5.26 Å². The maximum atomic E-state index is 12.3. The SMILES string of the molecule is COc1cc([N+](=O)[O-])ccc1NC(=O)/C(C#N)=C\NCc1ccc(C(=O)O)cc1. The molecule has 2 aromatic rings. The third kappa shape index (κ3) is 5.54. The molecular formula is C19H16N4O6. The zero-order valence-corrected chi connectivity index (χ0v) is 15.2. The van der Waals surface area contributed by atoms with E-state index in [1.165, 1.54) is 37.6 Å². The first kappa shape index (κ1) is 20.9. The van der Waals surface area contributed by atoms with Gasteiger partial charge in [-0.2, -0.15) is 5.26 Å². The lowest BCUT2D eigenvalue weighted by atomic mass is 10.1. The third-order valence-corrected chi connectivity index (χ3v) is 3.76. The molecule has 0 aliphatic heterocycles. The highest BCUT2D eigenvalue weighted by Gasteiger charge is 2.15. The van der Waals surface area contributed by atoms with Crippen molar-refractivity contribution >= 4 is 23.3 Å². The molecule has 2 aromatic carbocycles. The maximum Gasteiger partial charge on any atom is 0.335 e. The summed E-state index contributed by atoms with van der Waals surface area (Å²) < 4.78 is 5.04. The second kappa shape index (κ2) is 9.52. The fourth-order valence-electron chi connectivity index (χ4n) is 2.27. The normalized spacial score (nSPS) is 10.6. The summed E-state index contributed by atoms with van der Waals surface area (Å²) in [7, 11) is 1.30. The lowest BCUT2D eigenvalue weighted by Gasteiger charge is -2.09. The molecule has 0 unspecified atom stereocenters. The zero-order chi connectivity index (χ0) is 21.4. The number of nitrogens with zero attached hydrogens (tertiary/aromatic N) is 2. The van der Waals surface area contributed by atoms with E-state index in [0.717, 1.165) is 11.6 Å². The van der Waals surface area contributed by atoms with Gasteiger partial charge in [-0.05, 0) is 23.8 Å². The average Bonchev–Trinajstić information content (AvgIpc) is 2.71. The van der Waals surface area contributed by atoms with Crippen molar-refractivity contribution in [2.75, 3.05) is 12.4 Å². The second-order valence-electron chi connectivity index (χ2n) is 5.65. The summed E-state index contributed by atoms with van der Waals surface area (Å²) in [4.78, 5) is 33.3. The van der Waals surface area contributed by atoms with E-state index in [4.69, 9.17) is 9.84 Å². The van der Waals surface area contributed by atoms with Gasteiger partial charge in [-0.15, -0.1) is 0 Å². The Morgan fingerprint density at radius 1 is 1.28 bits per heavy atom. The first-order valence-electron chi connectivity index (χ1n) is 8.15. The summed E-state index contributed by atoms with van der Waals surface area (Å²) in [6, 6.07) is 11.5. The lowest BCUT2D eigenvalue weighted by Crippen LogP contribution is -2.17. The number of hydrogen-bond donors (Lipinski definition) is 3. The number of anilines is 1. The van der Waals surface area contributed by atoms with Crippen LogP contribution in [-0.2, 0) is 11.3 Å². The van der Waals surface area contributed by atoms with Crippen LogP contribution in [0.5, 0.6) is 5.75 Å². The fourth-order valence-corrected chi connectivity index (χ4v) is 2.27. The molecule has 1 amide bonds. The topological polar surface area (TPSA) is 155 Å². The van der Waals surface area contributed by atoms with Gasteiger partial charge in [0, 0.05) is 18.8 Å². The summed E-state index contributed by atoms with van der Waals surface area (Å²) >= 11 is 0. The van der Waals surface area contributed by atoms with Gasteiger partial charge in [0.1, 0.15) is 17.4 Å². The molecule has 0 spiro atoms. The third-order valence-electron chi connectivity index (χ3n) is 3.76. The van der Waals surface area contributed by atoms with Gasteiger partial charge >= 0.3 is 5.97 Å². The standard InChI is InChI=1S/C19H16N4O6/c1-29-17-8-15(23(27)28)6-7-16(17)22-18(24)14(9-20)11-21-10-12-2-4-13(5-3-12)19(25)26/h2-8,11,21H,10H2,1H3,(H,22,24)(H,25,26)/b14-11-. The molecule has 2 rings (SSSR count). The van der Waals surface area contributed by atoms with Crippen LogP contribution in [-0.4, -0.2) is 29.0 Å². The van der Waals surface area contributed by atoms with Crippen molar-refractivity contribution in [3.05, 3.63) is 75.5 Å². The van der Waals surface area contributed by atoms with Gasteiger partial charge in [0.25, 0.3) is 11.6 Å². The number of methoxy groups -OCH3 is 1. The number of hydrogen-bond acceptors (Lipinski definition) is 7. The molecule has 0 aromatic heterocycles. The molecule has 0 bridgehead atoms. The number of nitriles is 1. The van der Waals surface area contributed by atoms with Crippen LogP contribution < -0.4 is 15.4 Å². The molecule has 0 saturated heterocycles. The molecule has 10 nitrogen and oxygen atoms in total. The summed E-state index contributed by atoms with van der Waals surface area (Å²) in [5.41, 5.74) is 0.645. The van der Waals surface area contributed by atoms with Crippen LogP contribution in [0, 0.1) is 21.4 Å². The Balaban J connectivity index is 2.05. The molecule has 0 aliphatic rings. The van der Waals surface area contributed by atoms with E-state index in [1.54, 1.807) is 18.2 Å². The number of rotatable bonds is 8. The predicted molar refractivity (Wildman–Crippen MR) is 102 cm³/mol. The molecule has 3 N–H and O–H groups in total. The number of nitro benzene ring substituents is 1. The van der Waals surface area contributed by atoms with Crippen LogP contribution >= 0.6 is 0 Å². The summed E-state index contributed by atoms with van der Waals surface area (Å²) in [6.45, 7) is 0.263. The molecule has 0 radical (unpaired) electrons. The van der Waals surface area contributed by atoms with Crippen LogP contribution in [0.15, 0.2) is 54.2 Å². The van der Waals surface area contributed by atoms with Crippen molar-refractivity contribution in [3.8, 4) is 11.8 Å². The van der Waals surface area contributed by atoms with Crippen LogP contribution in [0.3, 0.4) is 0 Å². The Bertz CT molecular complexity index is 1010. The molecular weight excluding hydrogens is 380 g/mol. The van der Waals surface area contributed by atoms with Gasteiger partial charge in [-0.25, -0.2) is 4.79 Å². The van der Waals surface area contributed by atoms with E-state index in [1.807, 2.05) is 0 Å². The Kier molecular flexibility index (Phi) is 6.86. The van der Waals surface area contributed by atoms with Gasteiger partial charge in [-0.1, -0.05) is 12.1 Å². The molecule has 10 heteroatoms. The zero-order valence-electron chi connectivity index (χ0n) is 15.2. The lowest BCUT2D eigenvalue weighted by molar-refractivity contribution is -0.384. The Morgan fingerprint density at radius 3 is 2.52 bits per heavy atom. The first-order chi connectivity index (χ1) is 13.8. The number of carboxylic acid groups (broad SMARTS) is 1. The molecule has 0 heterocycles. The van der Waals surface area contributed by atoms with Gasteiger partial charge < -0.3 is 20.5 Å². The van der Waals surface area contributed by atoms with Crippen molar-refractivity contribution in [1.82, 2.24) is 5.32 Å². The number of carbonyl (C=O) groups excluding carboxylic acids is 1. The number of nitrogens with one attached hydrogen (secondary N) is 2. The van der Waals surface area contributed by atoms with Crippen molar-refractivity contribution < 1.29 is 24.4 Å². The van der Waals surface area contributed by atoms with E-state index in [-0.39, 0.29) is 34.8 Å². The summed E-state index contributed by atoms with van der Waals surface area (Å²) in [5, 5.41) is 34.2. The molecule has 29 heavy (non-hydrogen) atoms. The highest BCUT2D eigenvalue weighted by atomic mass is 16.6. The van der Waals surface area contributed by atoms with Crippen LogP contribution in [0.1, 0.15) is 15.9 Å². The minimum atomic E-state index is -1.03. The monoisotopic (exact) mass is 396 g/mol. The summed E-state index contributed by atoms with van der Waals surface area (Å²) in [6.07, 6.45) is 1.22. The van der Waals surface area contributed by atoms with Gasteiger partial charge in [0.05, 0.1) is 29.4 Å². The molecule has 0 saturated carbocycles. The van der Waals surface area contributed by atoms with Crippen LogP contribution in [0.4, 0.5) is 11.4 Å². The van der Waals surface area contributed by atoms with E-state index in [9.17, 15) is 25.0 Å². The van der Waals surface area contributed by atoms with Crippen molar-refractivity contribution in [2.45, 2.75) is 6.54 Å². The Hall–Kier alpha value is -4.39. The average molecular weight is 396 g/mol. The van der Waals surface area contributed by atoms with Gasteiger partial charge in [0.2, 0.25) is 0 Å². The quantitative estimate of drug-likeness (QED) is 0.266. The summed E-state index contributed by atoms with van der Waals surface area (Å²) in [5.74, 6) is -1.68. The van der Waals surface area contributed by atoms with Gasteiger partial charge in [-0.3, -0.25) is 14.9 Å². The minimum absolute atomic E-state index is 0.0799. The fraction of sp³-hybridized carbons (Fsp3) is 0.105. The molecule has 0 aliphatic carbocycles. The number of benzene rings is 2. The second-order valence-corrected chi connectivity index (χ2v) is 5.65. The Morgan fingerprint density at radius 2 is 1.97 bits per heavy atom. The maximum absolute atomic E-state index is 12.3. The largest absolute Gasteiger partial charge is 0.494 e. The number of carbonyl (C=O) groups is 2. The minimum Gasteiger partial charge on any atom is -0.494 e. The number of ether oxygens (including phenoxy) is 1. The van der Waals surface area contributed by atoms with E-state index < -0.39 is 16.8 Å². The smallest absolute Gasteiger partial charge is 0.335 e. The first-order valence-corrected chi connectivity index (χ1v) is 8.15. The van der Waals surface area contributed by atoms with E-state index >= 15 is 0 Å². The molecule has 0 fully saturated rings. The van der Waals surface area contributed by atoms with Crippen LogP contribution in [0.2, 0.25) is 0 Å². The van der Waals surface area contributed by atoms with Crippen molar-refractivity contribution in [2.24, 2.45) is 0 Å². The number of nitro groups is 1. The van der Waals surface area contributed by atoms with Crippen molar-refractivity contribution in [3.63, 3.8) is 0 Å². The van der Waals surface area contributed by atoms with E-state index in [0.29, 0.717) is 0 Å². The predicted octanol–water partition coefficient (Wildman–Crippen LogP) is 2.44. The number of carboxylic acids is 1. The highest BCUT2D eigenvalue weighted by molar-refractivity contribution is 6.07. The van der Waals surface area contributed by atoms with Crippen LogP contribution in [0.25, 0.3) is 0 Å². The highest BCUT2D eigenvalue weighted by Crippen LogP contribution is 2.29.